The Balaban J connectivity index is 1.40. The number of anilines is 1. The molecule has 0 spiro atoms. The fourth-order valence-electron chi connectivity index (χ4n) is 4.08. The van der Waals surface area contributed by atoms with Crippen LogP contribution in [0.5, 0.6) is 0 Å². The van der Waals surface area contributed by atoms with Gasteiger partial charge in [-0.3, -0.25) is 4.79 Å². The summed E-state index contributed by atoms with van der Waals surface area (Å²) in [5.74, 6) is -0.121. The highest BCUT2D eigenvalue weighted by atomic mass is 32.1. The van der Waals surface area contributed by atoms with Crippen molar-refractivity contribution in [1.82, 2.24) is 25.4 Å². The lowest BCUT2D eigenvalue weighted by atomic mass is 10.0. The molecule has 3 aromatic rings. The molecule has 1 aromatic carbocycles. The first-order valence-electron chi connectivity index (χ1n) is 10.8. The van der Waals surface area contributed by atoms with E-state index in [-0.39, 0.29) is 11.9 Å². The molecule has 0 bridgehead atoms. The normalized spacial score (nSPS) is 16.1. The Hall–Kier alpha value is -2.45. The average molecular weight is 427 g/mol. The van der Waals surface area contributed by atoms with Crippen LogP contribution in [0.25, 0.3) is 10.9 Å². The highest BCUT2D eigenvalue weighted by Gasteiger charge is 2.23. The minimum absolute atomic E-state index is 0.0714. The van der Waals surface area contributed by atoms with Crippen LogP contribution in [0.2, 0.25) is 0 Å². The van der Waals surface area contributed by atoms with E-state index in [0.717, 1.165) is 62.6 Å². The molecule has 0 aliphatic carbocycles. The predicted molar refractivity (Wildman–Crippen MR) is 122 cm³/mol. The Bertz CT molecular complexity index is 975. The minimum Gasteiger partial charge on any atom is -0.361 e. The van der Waals surface area contributed by atoms with E-state index in [2.05, 4.69) is 68.5 Å². The summed E-state index contributed by atoms with van der Waals surface area (Å²) < 4.78 is 0. The van der Waals surface area contributed by atoms with Gasteiger partial charge in [0.2, 0.25) is 10.1 Å². The van der Waals surface area contributed by atoms with E-state index in [4.69, 9.17) is 0 Å². The molecule has 0 radical (unpaired) electrons. The first-order chi connectivity index (χ1) is 14.7. The number of carbonyl (C=O) groups is 1. The number of H-pyrrole nitrogens is 1. The maximum Gasteiger partial charge on any atom is 0.282 e. The van der Waals surface area contributed by atoms with Gasteiger partial charge in [-0.1, -0.05) is 49.8 Å². The Morgan fingerprint density at radius 3 is 2.77 bits per heavy atom. The number of nitrogens with one attached hydrogen (secondary N) is 2. The zero-order valence-corrected chi connectivity index (χ0v) is 18.5. The number of carbonyl (C=O) groups excluding carboxylic acids is 1. The van der Waals surface area contributed by atoms with Gasteiger partial charge in [-0.25, -0.2) is 0 Å². The van der Waals surface area contributed by atoms with Gasteiger partial charge in [0.1, 0.15) is 0 Å². The molecule has 1 aliphatic heterocycles. The molecule has 8 heteroatoms. The fraction of sp³-hybridized carbons (Fsp3) is 0.500. The van der Waals surface area contributed by atoms with Crippen molar-refractivity contribution in [2.24, 2.45) is 0 Å². The molecule has 2 N–H and O–H groups in total. The van der Waals surface area contributed by atoms with Crippen LogP contribution in [0.1, 0.15) is 42.1 Å². The van der Waals surface area contributed by atoms with Gasteiger partial charge in [0.05, 0.1) is 0 Å². The Morgan fingerprint density at radius 1 is 1.20 bits per heavy atom. The number of piperazine rings is 1. The molecule has 160 valence electrons. The first-order valence-corrected chi connectivity index (χ1v) is 11.7. The maximum atomic E-state index is 12.9. The number of fused-ring (bicyclic) bond motifs is 1. The van der Waals surface area contributed by atoms with E-state index in [0.29, 0.717) is 5.01 Å². The van der Waals surface area contributed by atoms with Crippen LogP contribution in [0.15, 0.2) is 30.5 Å². The van der Waals surface area contributed by atoms with E-state index >= 15 is 0 Å². The van der Waals surface area contributed by atoms with Crippen molar-refractivity contribution in [2.45, 2.75) is 39.2 Å². The average Bonchev–Trinajstić information content (AvgIpc) is 3.42. The lowest BCUT2D eigenvalue weighted by Gasteiger charge is -2.33. The number of benzene rings is 1. The van der Waals surface area contributed by atoms with Gasteiger partial charge < -0.3 is 20.1 Å². The Labute approximate surface area is 181 Å². The second kappa shape index (κ2) is 9.57. The van der Waals surface area contributed by atoms with Crippen molar-refractivity contribution in [1.29, 1.82) is 0 Å². The molecule has 4 rings (SSSR count). The van der Waals surface area contributed by atoms with Gasteiger partial charge in [-0.05, 0) is 31.0 Å². The number of rotatable bonds is 8. The Kier molecular flexibility index (Phi) is 6.64. The van der Waals surface area contributed by atoms with Crippen LogP contribution in [0.3, 0.4) is 0 Å². The maximum absolute atomic E-state index is 12.9. The summed E-state index contributed by atoms with van der Waals surface area (Å²) >= 11 is 1.39. The van der Waals surface area contributed by atoms with Crippen LogP contribution >= 0.6 is 11.3 Å². The van der Waals surface area contributed by atoms with E-state index < -0.39 is 0 Å². The third-order valence-corrected chi connectivity index (χ3v) is 6.80. The van der Waals surface area contributed by atoms with Crippen LogP contribution in [0, 0.1) is 0 Å². The highest BCUT2D eigenvalue weighted by molar-refractivity contribution is 7.17. The number of aromatic nitrogens is 3. The number of nitrogens with zero attached hydrogens (tertiary/aromatic N) is 4. The predicted octanol–water partition coefficient (Wildman–Crippen LogP) is 3.30. The molecular weight excluding hydrogens is 396 g/mol. The summed E-state index contributed by atoms with van der Waals surface area (Å²) in [6, 6.07) is 8.36. The van der Waals surface area contributed by atoms with Gasteiger partial charge in [0.25, 0.3) is 5.91 Å². The number of hydrogen-bond acceptors (Lipinski definition) is 6. The molecule has 1 aliphatic rings. The van der Waals surface area contributed by atoms with Crippen molar-refractivity contribution in [3.8, 4) is 0 Å². The summed E-state index contributed by atoms with van der Waals surface area (Å²) in [6.07, 6.45) is 4.79. The van der Waals surface area contributed by atoms with Gasteiger partial charge in [-0.2, -0.15) is 0 Å². The first kappa shape index (κ1) is 20.8. The zero-order valence-electron chi connectivity index (χ0n) is 17.7. The third kappa shape index (κ3) is 4.65. The lowest BCUT2D eigenvalue weighted by molar-refractivity contribution is 0.0933. The van der Waals surface area contributed by atoms with Crippen LogP contribution in [-0.2, 0) is 6.42 Å². The zero-order chi connectivity index (χ0) is 20.9. The second-order valence-electron chi connectivity index (χ2n) is 7.83. The summed E-state index contributed by atoms with van der Waals surface area (Å²) in [5.41, 5.74) is 2.36. The molecule has 1 amide bonds. The van der Waals surface area contributed by atoms with Gasteiger partial charge in [0, 0.05) is 49.3 Å². The van der Waals surface area contributed by atoms with E-state index in [1.165, 1.54) is 22.3 Å². The van der Waals surface area contributed by atoms with Crippen molar-refractivity contribution in [2.75, 3.05) is 37.6 Å². The van der Waals surface area contributed by atoms with Gasteiger partial charge in [0.15, 0.2) is 0 Å². The number of hydrogen-bond donors (Lipinski definition) is 2. The van der Waals surface area contributed by atoms with Crippen molar-refractivity contribution in [3.05, 3.63) is 41.0 Å². The molecule has 1 atom stereocenters. The number of amides is 1. The number of aromatic amines is 1. The minimum atomic E-state index is -0.121. The van der Waals surface area contributed by atoms with Gasteiger partial charge >= 0.3 is 0 Å². The molecule has 2 aromatic heterocycles. The smallest absolute Gasteiger partial charge is 0.282 e. The summed E-state index contributed by atoms with van der Waals surface area (Å²) in [4.78, 5) is 20.9. The topological polar surface area (TPSA) is 77.1 Å². The third-order valence-electron chi connectivity index (χ3n) is 5.81. The quantitative estimate of drug-likeness (QED) is 0.578. The molecule has 1 saturated heterocycles. The number of para-hydroxylation sites is 1. The lowest BCUT2D eigenvalue weighted by Crippen LogP contribution is -2.46. The molecule has 3 heterocycles. The van der Waals surface area contributed by atoms with Crippen LogP contribution < -0.4 is 10.2 Å². The molecule has 0 saturated carbocycles. The van der Waals surface area contributed by atoms with E-state index in [9.17, 15) is 4.79 Å². The summed E-state index contributed by atoms with van der Waals surface area (Å²) in [6.45, 7) is 9.33. The second-order valence-corrected chi connectivity index (χ2v) is 8.79. The van der Waals surface area contributed by atoms with Gasteiger partial charge in [-0.15, -0.1) is 10.2 Å². The largest absolute Gasteiger partial charge is 0.361 e. The van der Waals surface area contributed by atoms with Crippen molar-refractivity contribution in [3.63, 3.8) is 0 Å². The number of likely N-dealkylation sites (N-methyl/N-ethyl adjacent to an activating group) is 1. The molecule has 7 nitrogen and oxygen atoms in total. The van der Waals surface area contributed by atoms with Crippen molar-refractivity contribution < 1.29 is 4.79 Å². The monoisotopic (exact) mass is 426 g/mol. The van der Waals surface area contributed by atoms with Crippen molar-refractivity contribution >= 4 is 33.3 Å². The SMILES string of the molecule is CCCC(Cc1c[nH]c2ccccc12)NC(=O)c1nnc(N2CCN(CC)CC2)s1. The molecular formula is C22H30N6OS. The highest BCUT2D eigenvalue weighted by Crippen LogP contribution is 2.23. The fourth-order valence-corrected chi connectivity index (χ4v) is 4.88. The molecule has 1 unspecified atom stereocenters. The Morgan fingerprint density at radius 2 is 2.00 bits per heavy atom. The summed E-state index contributed by atoms with van der Waals surface area (Å²) in [5, 5.41) is 14.2. The summed E-state index contributed by atoms with van der Waals surface area (Å²) in [7, 11) is 0. The van der Waals surface area contributed by atoms with Crippen LogP contribution in [0.4, 0.5) is 5.13 Å². The van der Waals surface area contributed by atoms with Crippen LogP contribution in [-0.4, -0.2) is 64.8 Å². The van der Waals surface area contributed by atoms with E-state index in [1.807, 2.05) is 6.07 Å². The molecule has 1 fully saturated rings. The molecule has 30 heavy (non-hydrogen) atoms. The standard InChI is InChI=1S/C22H30N6OS/c1-3-7-17(14-16-15-23-19-9-6-5-8-18(16)19)24-20(29)21-25-26-22(30-21)28-12-10-27(4-2)11-13-28/h5-6,8-9,15,17,23H,3-4,7,10-14H2,1-2H3,(H,24,29). The van der Waals surface area contributed by atoms with E-state index in [1.54, 1.807) is 0 Å².